The van der Waals surface area contributed by atoms with E-state index in [9.17, 15) is 9.59 Å². The van der Waals surface area contributed by atoms with E-state index in [0.29, 0.717) is 30.5 Å². The van der Waals surface area contributed by atoms with Gasteiger partial charge in [-0.15, -0.1) is 11.3 Å². The van der Waals surface area contributed by atoms with Crippen molar-refractivity contribution in [1.29, 1.82) is 0 Å². The number of carboxylic acids is 1. The minimum absolute atomic E-state index is 0.0492. The molecule has 8 heteroatoms. The molecule has 3 N–H and O–H groups in total. The maximum Gasteiger partial charge on any atom is 0.304 e. The fraction of sp³-hybridized carbons (Fsp3) is 0.583. The monoisotopic (exact) mass is 298 g/mol. The number of aliphatic carboxylic acids is 1. The van der Waals surface area contributed by atoms with Crippen molar-refractivity contribution in [2.75, 3.05) is 38.5 Å². The van der Waals surface area contributed by atoms with Crippen LogP contribution in [0.3, 0.4) is 0 Å². The summed E-state index contributed by atoms with van der Waals surface area (Å²) < 4.78 is 0. The third-order valence-electron chi connectivity index (χ3n) is 3.27. The van der Waals surface area contributed by atoms with Gasteiger partial charge in [0.1, 0.15) is 0 Å². The Morgan fingerprint density at radius 2 is 2.05 bits per heavy atom. The van der Waals surface area contributed by atoms with Gasteiger partial charge in [-0.05, 0) is 0 Å². The lowest BCUT2D eigenvalue weighted by molar-refractivity contribution is -0.138. The summed E-state index contributed by atoms with van der Waals surface area (Å²) in [6.45, 7) is 3.26. The molecule has 2 heterocycles. The minimum Gasteiger partial charge on any atom is -0.481 e. The Hall–Kier alpha value is -1.67. The molecule has 0 radical (unpaired) electrons. The van der Waals surface area contributed by atoms with E-state index >= 15 is 0 Å². The van der Waals surface area contributed by atoms with E-state index < -0.39 is 5.97 Å². The molecule has 1 aliphatic rings. The fourth-order valence-corrected chi connectivity index (χ4v) is 2.71. The van der Waals surface area contributed by atoms with Gasteiger partial charge in [0.2, 0.25) is 5.91 Å². The Bertz CT molecular complexity index is 483. The van der Waals surface area contributed by atoms with Crippen LogP contribution in [0.4, 0.5) is 5.13 Å². The number of nitrogens with zero attached hydrogens (tertiary/aromatic N) is 3. The average Bonchev–Trinajstić information content (AvgIpc) is 2.82. The van der Waals surface area contributed by atoms with Gasteiger partial charge in [0, 0.05) is 38.1 Å². The molecular weight excluding hydrogens is 280 g/mol. The Balaban J connectivity index is 1.75. The van der Waals surface area contributed by atoms with Gasteiger partial charge in [-0.3, -0.25) is 14.5 Å². The van der Waals surface area contributed by atoms with Crippen molar-refractivity contribution >= 4 is 28.3 Å². The van der Waals surface area contributed by atoms with Gasteiger partial charge < -0.3 is 15.7 Å². The zero-order valence-corrected chi connectivity index (χ0v) is 11.9. The predicted molar refractivity (Wildman–Crippen MR) is 75.5 cm³/mol. The number of amides is 1. The quantitative estimate of drug-likeness (QED) is 0.786. The number of hydrogen-bond donors (Lipinski definition) is 2. The van der Waals surface area contributed by atoms with Gasteiger partial charge in [-0.25, -0.2) is 4.98 Å². The van der Waals surface area contributed by atoms with Crippen molar-refractivity contribution in [1.82, 2.24) is 14.8 Å². The Labute approximate surface area is 121 Å². The summed E-state index contributed by atoms with van der Waals surface area (Å²) in [5.74, 6) is -0.738. The standard InChI is InChI=1S/C12H18N4O3S/c13-12-14-9(8-20-12)7-10(17)16-5-3-15(4-6-16)2-1-11(18)19/h8H,1-7H2,(H2,13,14)(H,18,19). The second kappa shape index (κ2) is 6.67. The maximum atomic E-state index is 12.1. The SMILES string of the molecule is Nc1nc(CC(=O)N2CCN(CCC(=O)O)CC2)cs1. The second-order valence-corrected chi connectivity index (χ2v) is 5.61. The molecule has 0 aromatic carbocycles. The number of thiazole rings is 1. The first kappa shape index (κ1) is 14.7. The highest BCUT2D eigenvalue weighted by Crippen LogP contribution is 2.13. The molecule has 0 spiro atoms. The largest absolute Gasteiger partial charge is 0.481 e. The number of hydrogen-bond acceptors (Lipinski definition) is 6. The van der Waals surface area contributed by atoms with Crippen LogP contribution >= 0.6 is 11.3 Å². The summed E-state index contributed by atoms with van der Waals surface area (Å²) in [7, 11) is 0. The molecule has 2 rings (SSSR count). The number of carbonyl (C=O) groups is 2. The lowest BCUT2D eigenvalue weighted by Crippen LogP contribution is -2.49. The fourth-order valence-electron chi connectivity index (χ4n) is 2.15. The zero-order chi connectivity index (χ0) is 14.5. The molecule has 0 atom stereocenters. The molecule has 0 aliphatic carbocycles. The molecular formula is C12H18N4O3S. The molecule has 0 saturated carbocycles. The zero-order valence-electron chi connectivity index (χ0n) is 11.1. The van der Waals surface area contributed by atoms with Crippen LogP contribution in [0.15, 0.2) is 5.38 Å². The summed E-state index contributed by atoms with van der Waals surface area (Å²) >= 11 is 1.33. The molecule has 7 nitrogen and oxygen atoms in total. The highest BCUT2D eigenvalue weighted by molar-refractivity contribution is 7.13. The Kier molecular flexibility index (Phi) is 4.91. The number of aromatic nitrogens is 1. The van der Waals surface area contributed by atoms with Crippen LogP contribution in [-0.2, 0) is 16.0 Å². The average molecular weight is 298 g/mol. The summed E-state index contributed by atoms with van der Waals surface area (Å²) in [6.07, 6.45) is 0.425. The first-order chi connectivity index (χ1) is 9.54. The van der Waals surface area contributed by atoms with Gasteiger partial charge in [0.15, 0.2) is 5.13 Å². The van der Waals surface area contributed by atoms with Crippen LogP contribution in [0, 0.1) is 0 Å². The molecule has 1 amide bonds. The van der Waals surface area contributed by atoms with Crippen LogP contribution in [0.1, 0.15) is 12.1 Å². The second-order valence-electron chi connectivity index (χ2n) is 4.72. The molecule has 1 saturated heterocycles. The van der Waals surface area contributed by atoms with Crippen molar-refractivity contribution in [3.63, 3.8) is 0 Å². The van der Waals surface area contributed by atoms with Crippen LogP contribution in [0.5, 0.6) is 0 Å². The number of piperazine rings is 1. The van der Waals surface area contributed by atoms with E-state index in [1.54, 1.807) is 10.3 Å². The van der Waals surface area contributed by atoms with Gasteiger partial charge in [0.05, 0.1) is 18.5 Å². The third-order valence-corrected chi connectivity index (χ3v) is 3.99. The van der Waals surface area contributed by atoms with Gasteiger partial charge in [-0.2, -0.15) is 0 Å². The number of nitrogen functional groups attached to an aromatic ring is 1. The summed E-state index contributed by atoms with van der Waals surface area (Å²) in [6, 6.07) is 0. The van der Waals surface area contributed by atoms with Crippen LogP contribution in [0.2, 0.25) is 0 Å². The molecule has 0 unspecified atom stereocenters. The highest BCUT2D eigenvalue weighted by atomic mass is 32.1. The smallest absolute Gasteiger partial charge is 0.304 e. The first-order valence-corrected chi connectivity index (χ1v) is 7.34. The van der Waals surface area contributed by atoms with Crippen molar-refractivity contribution < 1.29 is 14.7 Å². The van der Waals surface area contributed by atoms with Gasteiger partial charge in [-0.1, -0.05) is 0 Å². The van der Waals surface area contributed by atoms with Gasteiger partial charge in [0.25, 0.3) is 0 Å². The lowest BCUT2D eigenvalue weighted by Gasteiger charge is -2.34. The molecule has 1 fully saturated rings. The molecule has 1 aromatic heterocycles. The molecule has 20 heavy (non-hydrogen) atoms. The van der Waals surface area contributed by atoms with E-state index in [4.69, 9.17) is 10.8 Å². The summed E-state index contributed by atoms with van der Waals surface area (Å²) in [4.78, 5) is 30.5. The Morgan fingerprint density at radius 3 is 2.60 bits per heavy atom. The van der Waals surface area contributed by atoms with Crippen molar-refractivity contribution in [3.8, 4) is 0 Å². The first-order valence-electron chi connectivity index (χ1n) is 6.46. The molecule has 1 aliphatic heterocycles. The number of carboxylic acid groups (broad SMARTS) is 1. The minimum atomic E-state index is -0.787. The van der Waals surface area contributed by atoms with E-state index in [1.165, 1.54) is 11.3 Å². The van der Waals surface area contributed by atoms with Crippen LogP contribution in [-0.4, -0.2) is 64.5 Å². The van der Waals surface area contributed by atoms with E-state index in [0.717, 1.165) is 13.1 Å². The van der Waals surface area contributed by atoms with E-state index in [2.05, 4.69) is 9.88 Å². The van der Waals surface area contributed by atoms with Crippen LogP contribution in [0.25, 0.3) is 0 Å². The normalized spacial score (nSPS) is 16.3. The van der Waals surface area contributed by atoms with Crippen molar-refractivity contribution in [2.45, 2.75) is 12.8 Å². The van der Waals surface area contributed by atoms with E-state index in [1.807, 2.05) is 0 Å². The molecule has 0 bridgehead atoms. The maximum absolute atomic E-state index is 12.1. The summed E-state index contributed by atoms with van der Waals surface area (Å²) in [5.41, 5.74) is 6.25. The van der Waals surface area contributed by atoms with Crippen LogP contribution < -0.4 is 5.73 Å². The number of anilines is 1. The summed E-state index contributed by atoms with van der Waals surface area (Å²) in [5, 5.41) is 10.9. The predicted octanol–water partition coefficient (Wildman–Crippen LogP) is -0.113. The van der Waals surface area contributed by atoms with E-state index in [-0.39, 0.29) is 18.7 Å². The van der Waals surface area contributed by atoms with Gasteiger partial charge >= 0.3 is 5.97 Å². The molecule has 110 valence electrons. The molecule has 1 aromatic rings. The number of carbonyl (C=O) groups excluding carboxylic acids is 1. The third kappa shape index (κ3) is 4.17. The lowest BCUT2D eigenvalue weighted by atomic mass is 10.2. The number of nitrogens with two attached hydrogens (primary N) is 1. The Morgan fingerprint density at radius 1 is 1.35 bits per heavy atom. The highest BCUT2D eigenvalue weighted by Gasteiger charge is 2.21. The number of rotatable bonds is 5. The topological polar surface area (TPSA) is 99.8 Å². The van der Waals surface area contributed by atoms with Crippen molar-refractivity contribution in [3.05, 3.63) is 11.1 Å². The van der Waals surface area contributed by atoms with Crippen molar-refractivity contribution in [2.24, 2.45) is 0 Å².